The molecular formula is C10H13ClN4. The van der Waals surface area contributed by atoms with Crippen molar-refractivity contribution < 1.29 is 0 Å². The maximum Gasteiger partial charge on any atom is 0.142 e. The Hall–Kier alpha value is -1.31. The highest BCUT2D eigenvalue weighted by molar-refractivity contribution is 5.85. The molecule has 0 amide bonds. The molecule has 1 aliphatic rings. The van der Waals surface area contributed by atoms with Gasteiger partial charge in [0, 0.05) is 26.2 Å². The van der Waals surface area contributed by atoms with Gasteiger partial charge in [0.25, 0.3) is 0 Å². The van der Waals surface area contributed by atoms with Crippen LogP contribution in [-0.2, 0) is 0 Å². The summed E-state index contributed by atoms with van der Waals surface area (Å²) in [6.45, 7) is 3.89. The summed E-state index contributed by atoms with van der Waals surface area (Å²) in [6.07, 6.45) is 0. The molecule has 1 aliphatic heterocycles. The van der Waals surface area contributed by atoms with Crippen LogP contribution in [0.1, 0.15) is 5.69 Å². The number of rotatable bonds is 1. The van der Waals surface area contributed by atoms with Crippen LogP contribution in [0, 0.1) is 11.3 Å². The SMILES string of the molecule is Cl.N#Cc1cccc(N2CCNCC2)n1. The first-order valence-electron chi connectivity index (χ1n) is 4.73. The van der Waals surface area contributed by atoms with E-state index < -0.39 is 0 Å². The highest BCUT2D eigenvalue weighted by Gasteiger charge is 2.11. The first-order chi connectivity index (χ1) is 6.90. The van der Waals surface area contributed by atoms with Crippen LogP contribution < -0.4 is 10.2 Å². The zero-order valence-electron chi connectivity index (χ0n) is 8.31. The second-order valence-corrected chi connectivity index (χ2v) is 3.23. The third-order valence-electron chi connectivity index (χ3n) is 2.29. The Kier molecular flexibility index (Phi) is 4.35. The van der Waals surface area contributed by atoms with E-state index in [-0.39, 0.29) is 12.4 Å². The van der Waals surface area contributed by atoms with Gasteiger partial charge in [-0.2, -0.15) is 5.26 Å². The maximum atomic E-state index is 8.72. The molecule has 0 saturated carbocycles. The van der Waals surface area contributed by atoms with Crippen LogP contribution in [0.25, 0.3) is 0 Å². The highest BCUT2D eigenvalue weighted by Crippen LogP contribution is 2.11. The lowest BCUT2D eigenvalue weighted by atomic mass is 10.3. The average molecular weight is 225 g/mol. The first kappa shape index (κ1) is 11.8. The minimum atomic E-state index is 0. The minimum Gasteiger partial charge on any atom is -0.354 e. The number of anilines is 1. The second-order valence-electron chi connectivity index (χ2n) is 3.23. The van der Waals surface area contributed by atoms with E-state index in [1.165, 1.54) is 0 Å². The van der Waals surface area contributed by atoms with Crippen LogP contribution in [0.5, 0.6) is 0 Å². The molecule has 2 heterocycles. The third-order valence-corrected chi connectivity index (χ3v) is 2.29. The van der Waals surface area contributed by atoms with E-state index in [0.29, 0.717) is 5.69 Å². The number of hydrogen-bond donors (Lipinski definition) is 1. The molecular weight excluding hydrogens is 212 g/mol. The van der Waals surface area contributed by atoms with Crippen LogP contribution in [0.15, 0.2) is 18.2 Å². The molecule has 1 aromatic heterocycles. The van der Waals surface area contributed by atoms with Crippen molar-refractivity contribution in [1.82, 2.24) is 10.3 Å². The summed E-state index contributed by atoms with van der Waals surface area (Å²) in [7, 11) is 0. The Morgan fingerprint density at radius 3 is 2.73 bits per heavy atom. The predicted octanol–water partition coefficient (Wildman–Crippen LogP) is 0.785. The molecule has 1 N–H and O–H groups in total. The van der Waals surface area contributed by atoms with Gasteiger partial charge in [-0.25, -0.2) is 4.98 Å². The van der Waals surface area contributed by atoms with E-state index in [1.54, 1.807) is 6.07 Å². The normalized spacial score (nSPS) is 15.3. The summed E-state index contributed by atoms with van der Waals surface area (Å²) in [5.41, 5.74) is 0.487. The molecule has 0 radical (unpaired) electrons. The van der Waals surface area contributed by atoms with E-state index in [2.05, 4.69) is 21.3 Å². The van der Waals surface area contributed by atoms with Gasteiger partial charge >= 0.3 is 0 Å². The Balaban J connectivity index is 0.00000112. The molecule has 0 spiro atoms. The maximum absolute atomic E-state index is 8.72. The number of piperazine rings is 1. The van der Waals surface area contributed by atoms with Gasteiger partial charge in [-0.1, -0.05) is 6.07 Å². The quantitative estimate of drug-likeness (QED) is 0.766. The van der Waals surface area contributed by atoms with E-state index >= 15 is 0 Å². The van der Waals surface area contributed by atoms with Gasteiger partial charge in [-0.05, 0) is 12.1 Å². The van der Waals surface area contributed by atoms with Crippen molar-refractivity contribution in [3.63, 3.8) is 0 Å². The number of pyridine rings is 1. The number of halogens is 1. The van der Waals surface area contributed by atoms with Crippen molar-refractivity contribution in [2.24, 2.45) is 0 Å². The topological polar surface area (TPSA) is 52.0 Å². The van der Waals surface area contributed by atoms with Gasteiger partial charge < -0.3 is 10.2 Å². The van der Waals surface area contributed by atoms with Crippen LogP contribution >= 0.6 is 12.4 Å². The van der Waals surface area contributed by atoms with Gasteiger partial charge in [0.1, 0.15) is 17.6 Å². The van der Waals surface area contributed by atoms with E-state index in [9.17, 15) is 0 Å². The largest absolute Gasteiger partial charge is 0.354 e. The highest BCUT2D eigenvalue weighted by atomic mass is 35.5. The number of nitrogens with zero attached hydrogens (tertiary/aromatic N) is 3. The molecule has 15 heavy (non-hydrogen) atoms. The van der Waals surface area contributed by atoms with Gasteiger partial charge in [-0.3, -0.25) is 0 Å². The van der Waals surface area contributed by atoms with Crippen molar-refractivity contribution >= 4 is 18.2 Å². The smallest absolute Gasteiger partial charge is 0.142 e. The third kappa shape index (κ3) is 2.82. The molecule has 0 aliphatic carbocycles. The van der Waals surface area contributed by atoms with Crippen LogP contribution in [0.4, 0.5) is 5.82 Å². The predicted molar refractivity (Wildman–Crippen MR) is 61.3 cm³/mol. The average Bonchev–Trinajstić information content (AvgIpc) is 2.30. The lowest BCUT2D eigenvalue weighted by molar-refractivity contribution is 0.585. The fraction of sp³-hybridized carbons (Fsp3) is 0.400. The molecule has 0 bridgehead atoms. The van der Waals surface area contributed by atoms with Crippen molar-refractivity contribution in [1.29, 1.82) is 5.26 Å². The van der Waals surface area contributed by atoms with Crippen molar-refractivity contribution in [3.8, 4) is 6.07 Å². The van der Waals surface area contributed by atoms with Crippen LogP contribution in [-0.4, -0.2) is 31.2 Å². The molecule has 1 saturated heterocycles. The Morgan fingerprint density at radius 1 is 1.33 bits per heavy atom. The zero-order valence-corrected chi connectivity index (χ0v) is 9.13. The molecule has 5 heteroatoms. The second kappa shape index (κ2) is 5.54. The lowest BCUT2D eigenvalue weighted by Gasteiger charge is -2.28. The van der Waals surface area contributed by atoms with Crippen molar-refractivity contribution in [2.45, 2.75) is 0 Å². The number of nitrogens with one attached hydrogen (secondary N) is 1. The number of nitriles is 1. The zero-order chi connectivity index (χ0) is 9.80. The molecule has 1 fully saturated rings. The summed E-state index contributed by atoms with van der Waals surface area (Å²) >= 11 is 0. The Labute approximate surface area is 95.3 Å². The number of hydrogen-bond acceptors (Lipinski definition) is 4. The summed E-state index contributed by atoms with van der Waals surface area (Å²) in [5.74, 6) is 0.908. The standard InChI is InChI=1S/C10H12N4.ClH/c11-8-9-2-1-3-10(13-9)14-6-4-12-5-7-14;/h1-3,12H,4-7H2;1H. The monoisotopic (exact) mass is 224 g/mol. The molecule has 80 valence electrons. The summed E-state index contributed by atoms with van der Waals surface area (Å²) in [5, 5.41) is 12.0. The van der Waals surface area contributed by atoms with Crippen molar-refractivity contribution in [3.05, 3.63) is 23.9 Å². The molecule has 0 atom stereocenters. The lowest BCUT2D eigenvalue weighted by Crippen LogP contribution is -2.43. The van der Waals surface area contributed by atoms with Gasteiger partial charge in [0.15, 0.2) is 0 Å². The van der Waals surface area contributed by atoms with Gasteiger partial charge in [0.2, 0.25) is 0 Å². The van der Waals surface area contributed by atoms with Crippen molar-refractivity contribution in [2.75, 3.05) is 31.1 Å². The molecule has 2 rings (SSSR count). The minimum absolute atomic E-state index is 0. The summed E-state index contributed by atoms with van der Waals surface area (Å²) in [6, 6.07) is 7.61. The van der Waals surface area contributed by atoms with Gasteiger partial charge in [-0.15, -0.1) is 12.4 Å². The van der Waals surface area contributed by atoms with E-state index in [0.717, 1.165) is 32.0 Å². The molecule has 0 aromatic carbocycles. The van der Waals surface area contributed by atoms with Gasteiger partial charge in [0.05, 0.1) is 0 Å². The van der Waals surface area contributed by atoms with E-state index in [4.69, 9.17) is 5.26 Å². The summed E-state index contributed by atoms with van der Waals surface area (Å²) in [4.78, 5) is 6.44. The van der Waals surface area contributed by atoms with E-state index in [1.807, 2.05) is 12.1 Å². The Bertz CT molecular complexity index is 355. The molecule has 1 aromatic rings. The van der Waals surface area contributed by atoms with Crippen LogP contribution in [0.3, 0.4) is 0 Å². The fourth-order valence-corrected chi connectivity index (χ4v) is 1.56. The van der Waals surface area contributed by atoms with Crippen LogP contribution in [0.2, 0.25) is 0 Å². The molecule has 4 nitrogen and oxygen atoms in total. The number of aromatic nitrogens is 1. The summed E-state index contributed by atoms with van der Waals surface area (Å²) < 4.78 is 0. The molecule has 0 unspecified atom stereocenters. The first-order valence-corrected chi connectivity index (χ1v) is 4.73. The fourth-order valence-electron chi connectivity index (χ4n) is 1.56. The Morgan fingerprint density at radius 2 is 2.07 bits per heavy atom.